The molecule has 0 unspecified atom stereocenters. The van der Waals surface area contributed by atoms with Crippen molar-refractivity contribution < 1.29 is 0 Å². The van der Waals surface area contributed by atoms with Crippen molar-refractivity contribution in [1.82, 2.24) is 0 Å². The molecule has 0 spiro atoms. The van der Waals surface area contributed by atoms with Crippen molar-refractivity contribution in [3.05, 3.63) is 145 Å². The van der Waals surface area contributed by atoms with E-state index >= 15 is 0 Å². The van der Waals surface area contributed by atoms with E-state index in [-0.39, 0.29) is 23.9 Å². The van der Waals surface area contributed by atoms with Crippen LogP contribution in [-0.2, 0) is 0 Å². The van der Waals surface area contributed by atoms with E-state index in [4.69, 9.17) is 0 Å². The summed E-state index contributed by atoms with van der Waals surface area (Å²) in [6, 6.07) is 46.5. The van der Waals surface area contributed by atoms with Gasteiger partial charge < -0.3 is 0 Å². The second-order valence-corrected chi connectivity index (χ2v) is 6.03. The summed E-state index contributed by atoms with van der Waals surface area (Å²) in [5, 5.41) is 0. The molecule has 0 saturated carbocycles. The zero-order valence-electron chi connectivity index (χ0n) is 16.9. The fourth-order valence-corrected chi connectivity index (χ4v) is 1.99. The third-order valence-corrected chi connectivity index (χ3v) is 3.47. The molecule has 0 aliphatic heterocycles. The van der Waals surface area contributed by atoms with E-state index in [1.54, 1.807) is 0 Å². The summed E-state index contributed by atoms with van der Waals surface area (Å²) in [6.45, 7) is 4.41. The van der Waals surface area contributed by atoms with Gasteiger partial charge in [0.25, 0.3) is 0 Å². The van der Waals surface area contributed by atoms with E-state index in [0.717, 1.165) is 0 Å². The first kappa shape index (κ1) is 25.7. The van der Waals surface area contributed by atoms with Crippen molar-refractivity contribution >= 4 is 23.9 Å². The molecular weight excluding hydrogens is 443 g/mol. The van der Waals surface area contributed by atoms with Crippen LogP contribution in [0.25, 0.3) is 0 Å². The Bertz CT molecular complexity index is 584. The Balaban J connectivity index is 0.000000349. The molecule has 28 heavy (non-hydrogen) atoms. The third-order valence-electron chi connectivity index (χ3n) is 3.47. The Kier molecular flexibility index (Phi) is 17.8. The van der Waals surface area contributed by atoms with E-state index in [9.17, 15) is 0 Å². The first-order valence-corrected chi connectivity index (χ1v) is 9.35. The molecule has 0 nitrogen and oxygen atoms in total. The minimum Gasteiger partial charge on any atom is -0.0623 e. The van der Waals surface area contributed by atoms with Crippen LogP contribution in [0.5, 0.6) is 0 Å². The maximum Gasteiger partial charge on any atom is 0 e. The minimum absolute atomic E-state index is 0. The summed E-state index contributed by atoms with van der Waals surface area (Å²) in [4.78, 5) is 0. The SMILES string of the molecule is CC(C)c1ccccc1.[Sn].c1ccccc1.c1ccccc1.c1ccccc1. The number of hydrogen-bond acceptors (Lipinski definition) is 0. The normalized spacial score (nSPS) is 8.39. The van der Waals surface area contributed by atoms with Crippen LogP contribution in [0.15, 0.2) is 140 Å². The van der Waals surface area contributed by atoms with Crippen LogP contribution >= 0.6 is 0 Å². The third kappa shape index (κ3) is 15.9. The monoisotopic (exact) mass is 474 g/mol. The van der Waals surface area contributed by atoms with Gasteiger partial charge in [-0.25, -0.2) is 0 Å². The quantitative estimate of drug-likeness (QED) is 0.252. The average molecular weight is 473 g/mol. The van der Waals surface area contributed by atoms with Crippen LogP contribution in [0, 0.1) is 0 Å². The molecule has 0 atom stereocenters. The van der Waals surface area contributed by atoms with Gasteiger partial charge in [-0.05, 0) is 11.5 Å². The van der Waals surface area contributed by atoms with Crippen LogP contribution in [0.3, 0.4) is 0 Å². The molecule has 0 aliphatic rings. The van der Waals surface area contributed by atoms with Crippen LogP contribution in [0.4, 0.5) is 0 Å². The molecular formula is C27H30Sn. The molecule has 0 bridgehead atoms. The Morgan fingerprint density at radius 3 is 0.679 bits per heavy atom. The number of benzene rings is 4. The standard InChI is InChI=1S/C9H12.3C6H6.Sn/c1-8(2)9-6-4-3-5-7-9;3*1-2-4-6-5-3-1;/h3-8H,1-2H3;3*1-6H;. The summed E-state index contributed by atoms with van der Waals surface area (Å²) >= 11 is 0. The summed E-state index contributed by atoms with van der Waals surface area (Å²) in [6.07, 6.45) is 0. The molecule has 4 aromatic rings. The summed E-state index contributed by atoms with van der Waals surface area (Å²) < 4.78 is 0. The van der Waals surface area contributed by atoms with Gasteiger partial charge in [-0.3, -0.25) is 0 Å². The molecule has 0 saturated heterocycles. The van der Waals surface area contributed by atoms with E-state index in [1.165, 1.54) is 5.56 Å². The molecule has 4 aromatic carbocycles. The van der Waals surface area contributed by atoms with Gasteiger partial charge in [0, 0.05) is 23.9 Å². The van der Waals surface area contributed by atoms with Crippen LogP contribution in [0.1, 0.15) is 25.3 Å². The largest absolute Gasteiger partial charge is 0.0623 e. The van der Waals surface area contributed by atoms with Gasteiger partial charge in [-0.1, -0.05) is 153 Å². The van der Waals surface area contributed by atoms with Gasteiger partial charge in [0.15, 0.2) is 0 Å². The Hall–Kier alpha value is -2.32. The van der Waals surface area contributed by atoms with Crippen molar-refractivity contribution in [2.45, 2.75) is 19.8 Å². The fraction of sp³-hybridized carbons (Fsp3) is 0.111. The van der Waals surface area contributed by atoms with Crippen molar-refractivity contribution in [2.75, 3.05) is 0 Å². The van der Waals surface area contributed by atoms with Gasteiger partial charge in [-0.15, -0.1) is 0 Å². The predicted octanol–water partition coefficient (Wildman–Crippen LogP) is 7.49. The second-order valence-electron chi connectivity index (χ2n) is 6.03. The first-order chi connectivity index (χ1) is 13.3. The number of hydrogen-bond donors (Lipinski definition) is 0. The van der Waals surface area contributed by atoms with E-state index < -0.39 is 0 Å². The van der Waals surface area contributed by atoms with E-state index in [2.05, 4.69) is 38.1 Å². The molecule has 4 radical (unpaired) electrons. The Morgan fingerprint density at radius 2 is 0.536 bits per heavy atom. The Morgan fingerprint density at radius 1 is 0.357 bits per heavy atom. The molecule has 0 fully saturated rings. The topological polar surface area (TPSA) is 0 Å². The molecule has 0 heterocycles. The van der Waals surface area contributed by atoms with Crippen LogP contribution in [0.2, 0.25) is 0 Å². The first-order valence-electron chi connectivity index (χ1n) is 9.35. The smallest absolute Gasteiger partial charge is 0 e. The predicted molar refractivity (Wildman–Crippen MR) is 126 cm³/mol. The molecule has 0 aliphatic carbocycles. The van der Waals surface area contributed by atoms with Gasteiger partial charge in [0.2, 0.25) is 0 Å². The fourth-order valence-electron chi connectivity index (χ4n) is 1.99. The van der Waals surface area contributed by atoms with Crippen LogP contribution in [-0.4, -0.2) is 23.9 Å². The van der Waals surface area contributed by atoms with Gasteiger partial charge in [-0.2, -0.15) is 0 Å². The molecule has 0 N–H and O–H groups in total. The molecule has 0 aromatic heterocycles. The zero-order chi connectivity index (χ0) is 19.4. The van der Waals surface area contributed by atoms with Gasteiger partial charge in [0.1, 0.15) is 0 Å². The van der Waals surface area contributed by atoms with Crippen molar-refractivity contribution in [2.24, 2.45) is 0 Å². The van der Waals surface area contributed by atoms with Crippen molar-refractivity contribution in [3.63, 3.8) is 0 Å². The summed E-state index contributed by atoms with van der Waals surface area (Å²) in [7, 11) is 0. The second kappa shape index (κ2) is 19.4. The maximum absolute atomic E-state index is 2.20. The van der Waals surface area contributed by atoms with Gasteiger partial charge in [0.05, 0.1) is 0 Å². The summed E-state index contributed by atoms with van der Waals surface area (Å²) in [5.74, 6) is 0.659. The van der Waals surface area contributed by atoms with E-state index in [1.807, 2.05) is 115 Å². The molecule has 4 rings (SSSR count). The Labute approximate surface area is 188 Å². The molecule has 0 amide bonds. The minimum atomic E-state index is 0. The number of rotatable bonds is 1. The summed E-state index contributed by atoms with van der Waals surface area (Å²) in [5.41, 5.74) is 1.41. The molecule has 142 valence electrons. The molecule has 1 heteroatoms. The van der Waals surface area contributed by atoms with E-state index in [0.29, 0.717) is 5.92 Å². The van der Waals surface area contributed by atoms with Crippen LogP contribution < -0.4 is 0 Å². The van der Waals surface area contributed by atoms with Crippen molar-refractivity contribution in [3.8, 4) is 0 Å². The zero-order valence-corrected chi connectivity index (χ0v) is 19.7. The van der Waals surface area contributed by atoms with Crippen molar-refractivity contribution in [1.29, 1.82) is 0 Å². The average Bonchev–Trinajstić information content (AvgIpc) is 2.79. The maximum atomic E-state index is 2.20. The van der Waals surface area contributed by atoms with Gasteiger partial charge >= 0.3 is 0 Å².